The number of benzene rings is 1. The SMILES string of the molecule is CCCN(CCC)C(=O)CO/N=C1/C=C/CC/C=C/CCOC(=O)c2c(C)cc(C)c(Cl)c2C1. The number of halogens is 1. The van der Waals surface area contributed by atoms with Crippen LogP contribution in [0.15, 0.2) is 35.5 Å². The predicted octanol–water partition coefficient (Wildman–Crippen LogP) is 5.97. The molecule has 0 saturated carbocycles. The van der Waals surface area contributed by atoms with Gasteiger partial charge in [-0.1, -0.05) is 54.9 Å². The van der Waals surface area contributed by atoms with Crippen molar-refractivity contribution in [3.63, 3.8) is 0 Å². The topological polar surface area (TPSA) is 68.2 Å². The number of amides is 1. The molecule has 0 N–H and O–H groups in total. The van der Waals surface area contributed by atoms with Crippen LogP contribution in [0.5, 0.6) is 0 Å². The number of hydrogen-bond donors (Lipinski definition) is 0. The zero-order valence-electron chi connectivity index (χ0n) is 20.9. The minimum Gasteiger partial charge on any atom is -0.462 e. The zero-order valence-corrected chi connectivity index (χ0v) is 21.6. The number of carbonyl (C=O) groups is 2. The highest BCUT2D eigenvalue weighted by atomic mass is 35.5. The third kappa shape index (κ3) is 8.32. The fourth-order valence-electron chi connectivity index (χ4n) is 3.90. The summed E-state index contributed by atoms with van der Waals surface area (Å²) in [6, 6.07) is 1.89. The summed E-state index contributed by atoms with van der Waals surface area (Å²) in [5, 5.41) is 4.79. The molecular weight excluding hydrogens is 452 g/mol. The summed E-state index contributed by atoms with van der Waals surface area (Å²) in [7, 11) is 0. The van der Waals surface area contributed by atoms with Gasteiger partial charge in [0.1, 0.15) is 0 Å². The first-order valence-corrected chi connectivity index (χ1v) is 12.5. The van der Waals surface area contributed by atoms with Crippen LogP contribution in [0, 0.1) is 13.8 Å². The Labute approximate surface area is 208 Å². The molecule has 0 fully saturated rings. The third-order valence-corrected chi connectivity index (χ3v) is 6.03. The molecule has 1 heterocycles. The van der Waals surface area contributed by atoms with Gasteiger partial charge >= 0.3 is 5.97 Å². The number of rotatable bonds is 7. The van der Waals surface area contributed by atoms with Gasteiger partial charge in [0, 0.05) is 24.5 Å². The number of esters is 1. The number of hydrogen-bond acceptors (Lipinski definition) is 5. The lowest BCUT2D eigenvalue weighted by molar-refractivity contribution is -0.136. The molecular formula is C27H37ClN2O4. The summed E-state index contributed by atoms with van der Waals surface area (Å²) >= 11 is 6.66. The van der Waals surface area contributed by atoms with Gasteiger partial charge in [-0.15, -0.1) is 0 Å². The molecule has 0 aromatic heterocycles. The van der Waals surface area contributed by atoms with Crippen molar-refractivity contribution in [3.05, 3.63) is 57.6 Å². The lowest BCUT2D eigenvalue weighted by Gasteiger charge is -2.20. The summed E-state index contributed by atoms with van der Waals surface area (Å²) in [6.07, 6.45) is 12.4. The fourth-order valence-corrected chi connectivity index (χ4v) is 4.12. The number of nitrogens with zero attached hydrogens (tertiary/aromatic N) is 2. The smallest absolute Gasteiger partial charge is 0.338 e. The number of ether oxygens (including phenoxy) is 1. The van der Waals surface area contributed by atoms with Crippen LogP contribution < -0.4 is 0 Å². The molecule has 186 valence electrons. The Morgan fingerprint density at radius 1 is 1.09 bits per heavy atom. The molecule has 34 heavy (non-hydrogen) atoms. The summed E-state index contributed by atoms with van der Waals surface area (Å²) in [5.41, 5.74) is 3.40. The van der Waals surface area contributed by atoms with Gasteiger partial charge in [0.2, 0.25) is 0 Å². The van der Waals surface area contributed by atoms with Crippen LogP contribution in [0.3, 0.4) is 0 Å². The Bertz CT molecular complexity index is 931. The lowest BCUT2D eigenvalue weighted by atomic mass is 9.94. The zero-order chi connectivity index (χ0) is 24.9. The number of allylic oxidation sites excluding steroid dienone is 3. The highest BCUT2D eigenvalue weighted by Gasteiger charge is 2.22. The lowest BCUT2D eigenvalue weighted by Crippen LogP contribution is -2.35. The summed E-state index contributed by atoms with van der Waals surface area (Å²) in [4.78, 5) is 32.8. The van der Waals surface area contributed by atoms with E-state index in [9.17, 15) is 9.59 Å². The van der Waals surface area contributed by atoms with Crippen molar-refractivity contribution >= 4 is 29.2 Å². The second kappa shape index (κ2) is 14.6. The molecule has 0 saturated heterocycles. The van der Waals surface area contributed by atoms with Crippen LogP contribution in [0.4, 0.5) is 0 Å². The maximum Gasteiger partial charge on any atom is 0.338 e. The van der Waals surface area contributed by atoms with Crippen LogP contribution in [0.1, 0.15) is 73.0 Å². The molecule has 0 bridgehead atoms. The van der Waals surface area contributed by atoms with Crippen molar-refractivity contribution in [2.45, 2.75) is 66.2 Å². The van der Waals surface area contributed by atoms with Crippen molar-refractivity contribution in [3.8, 4) is 0 Å². The van der Waals surface area contributed by atoms with Crippen LogP contribution in [0.25, 0.3) is 0 Å². The van der Waals surface area contributed by atoms with Crippen LogP contribution in [-0.4, -0.2) is 48.8 Å². The number of cyclic esters (lactones) is 1. The minimum absolute atomic E-state index is 0.0863. The quantitative estimate of drug-likeness (QED) is 0.269. The third-order valence-electron chi connectivity index (χ3n) is 5.51. The average molecular weight is 489 g/mol. The molecule has 0 aliphatic carbocycles. The first kappa shape index (κ1) is 27.6. The standard InChI is InChI=1S/C27H37ClN2O4/c1-5-14-30(15-6-2)24(31)19-34-29-22-13-11-9-7-8-10-12-16-33-27(32)25-20(3)17-21(4)26(28)23(25)18-22/h8,10-11,13,17H,5-7,9,12,14-16,18-19H2,1-4H3/b10-8+,13-11+,29-22-. The minimum atomic E-state index is -0.394. The Morgan fingerprint density at radius 2 is 1.76 bits per heavy atom. The summed E-state index contributed by atoms with van der Waals surface area (Å²) in [6.45, 7) is 9.46. The van der Waals surface area contributed by atoms with E-state index in [1.807, 2.05) is 52.0 Å². The molecule has 1 aromatic rings. The highest BCUT2D eigenvalue weighted by molar-refractivity contribution is 6.33. The molecule has 0 unspecified atom stereocenters. The van der Waals surface area contributed by atoms with Crippen molar-refractivity contribution in [1.29, 1.82) is 0 Å². The maximum absolute atomic E-state index is 12.9. The van der Waals surface area contributed by atoms with Gasteiger partial charge in [0.25, 0.3) is 5.91 Å². The van der Waals surface area contributed by atoms with Gasteiger partial charge in [-0.05, 0) is 68.7 Å². The first-order chi connectivity index (χ1) is 16.4. The molecule has 1 aromatic carbocycles. The van der Waals surface area contributed by atoms with Crippen LogP contribution in [-0.2, 0) is 20.8 Å². The van der Waals surface area contributed by atoms with E-state index in [2.05, 4.69) is 11.2 Å². The summed E-state index contributed by atoms with van der Waals surface area (Å²) in [5.74, 6) is -0.481. The molecule has 0 atom stereocenters. The van der Waals surface area contributed by atoms with Crippen LogP contribution in [0.2, 0.25) is 5.02 Å². The fraction of sp³-hybridized carbons (Fsp3) is 0.519. The Kier molecular flexibility index (Phi) is 11.9. The van der Waals surface area contributed by atoms with Crippen molar-refractivity contribution in [1.82, 2.24) is 4.90 Å². The molecule has 1 aliphatic heterocycles. The Balaban J connectivity index is 2.34. The van der Waals surface area contributed by atoms with E-state index in [-0.39, 0.29) is 12.5 Å². The first-order valence-electron chi connectivity index (χ1n) is 12.1. The number of oxime groups is 1. The van der Waals surface area contributed by atoms with Crippen LogP contribution >= 0.6 is 11.6 Å². The number of carbonyl (C=O) groups excluding carboxylic acids is 2. The van der Waals surface area contributed by atoms with Gasteiger partial charge in [0.15, 0.2) is 6.61 Å². The molecule has 0 radical (unpaired) electrons. The second-order valence-electron chi connectivity index (χ2n) is 8.47. The molecule has 7 heteroatoms. The van der Waals surface area contributed by atoms with Gasteiger partial charge in [-0.3, -0.25) is 4.79 Å². The van der Waals surface area contributed by atoms with E-state index in [1.54, 1.807) is 4.90 Å². The van der Waals surface area contributed by atoms with Gasteiger partial charge in [0.05, 0.1) is 17.9 Å². The molecule has 6 nitrogen and oxygen atoms in total. The number of fused-ring (bicyclic) bond motifs is 1. The van der Waals surface area contributed by atoms with E-state index in [4.69, 9.17) is 21.2 Å². The Hall–Kier alpha value is -2.60. The number of aryl methyl sites for hydroxylation is 2. The monoisotopic (exact) mass is 488 g/mol. The average Bonchev–Trinajstić information content (AvgIpc) is 2.80. The van der Waals surface area contributed by atoms with Gasteiger partial charge < -0.3 is 14.5 Å². The van der Waals surface area contributed by atoms with E-state index >= 15 is 0 Å². The highest BCUT2D eigenvalue weighted by Crippen LogP contribution is 2.29. The van der Waals surface area contributed by atoms with Gasteiger partial charge in [-0.25, -0.2) is 4.79 Å². The molecule has 0 spiro atoms. The molecule has 1 aliphatic rings. The van der Waals surface area contributed by atoms with E-state index < -0.39 is 5.97 Å². The van der Waals surface area contributed by atoms with Gasteiger partial charge in [-0.2, -0.15) is 0 Å². The largest absolute Gasteiger partial charge is 0.462 e. The van der Waals surface area contributed by atoms with Crippen molar-refractivity contribution < 1.29 is 19.2 Å². The van der Waals surface area contributed by atoms with Crippen molar-refractivity contribution in [2.75, 3.05) is 26.3 Å². The normalized spacial score (nSPS) is 17.9. The maximum atomic E-state index is 12.9. The molecule has 1 amide bonds. The van der Waals surface area contributed by atoms with Crippen molar-refractivity contribution in [2.24, 2.45) is 5.16 Å². The predicted molar refractivity (Wildman–Crippen MR) is 138 cm³/mol. The molecule has 2 rings (SSSR count). The van der Waals surface area contributed by atoms with E-state index in [1.165, 1.54) is 0 Å². The Morgan fingerprint density at radius 3 is 2.47 bits per heavy atom. The second-order valence-corrected chi connectivity index (χ2v) is 8.85. The summed E-state index contributed by atoms with van der Waals surface area (Å²) < 4.78 is 5.52. The van der Waals surface area contributed by atoms with E-state index in [0.29, 0.717) is 54.4 Å². The van der Waals surface area contributed by atoms with E-state index in [0.717, 1.165) is 36.8 Å².